The van der Waals surface area contributed by atoms with Gasteiger partial charge >= 0.3 is 6.09 Å². The minimum Gasteiger partial charge on any atom is -0.450 e. The van der Waals surface area contributed by atoms with E-state index >= 15 is 0 Å². The lowest BCUT2D eigenvalue weighted by Gasteiger charge is -2.27. The second kappa shape index (κ2) is 5.07. The Hall–Kier alpha value is -0.770. The minimum absolute atomic E-state index is 0.0523. The number of hydrogen-bond acceptors (Lipinski definition) is 3. The highest BCUT2D eigenvalue weighted by Gasteiger charge is 2.22. The summed E-state index contributed by atoms with van der Waals surface area (Å²) < 4.78 is 4.80. The molecule has 0 aliphatic carbocycles. The van der Waals surface area contributed by atoms with E-state index in [0.29, 0.717) is 13.2 Å². The molecule has 0 aromatic carbocycles. The Morgan fingerprint density at radius 3 is 2.46 bits per heavy atom. The van der Waals surface area contributed by atoms with Crippen LogP contribution in [0.15, 0.2) is 0 Å². The average molecular weight is 189 g/mol. The first kappa shape index (κ1) is 12.2. The molecule has 0 aliphatic rings. The van der Waals surface area contributed by atoms with E-state index in [9.17, 15) is 4.79 Å². The number of aliphatic hydroxyl groups excluding tert-OH is 1. The molecule has 0 aromatic rings. The van der Waals surface area contributed by atoms with Crippen LogP contribution >= 0.6 is 0 Å². The third-order valence-corrected chi connectivity index (χ3v) is 1.67. The van der Waals surface area contributed by atoms with Gasteiger partial charge in [-0.15, -0.1) is 0 Å². The van der Waals surface area contributed by atoms with Crippen LogP contribution in [0.1, 0.15) is 20.8 Å². The topological polar surface area (TPSA) is 49.8 Å². The van der Waals surface area contributed by atoms with Crippen LogP contribution in [0, 0.1) is 5.41 Å². The van der Waals surface area contributed by atoms with Crippen LogP contribution in [0.2, 0.25) is 0 Å². The minimum atomic E-state index is -0.343. The first-order valence-electron chi connectivity index (χ1n) is 4.41. The van der Waals surface area contributed by atoms with E-state index in [1.165, 1.54) is 4.90 Å². The van der Waals surface area contributed by atoms with Gasteiger partial charge in [0, 0.05) is 25.6 Å². The zero-order valence-corrected chi connectivity index (χ0v) is 8.83. The molecule has 0 bridgehead atoms. The Kier molecular flexibility index (Phi) is 4.77. The fourth-order valence-electron chi connectivity index (χ4n) is 0.990. The highest BCUT2D eigenvalue weighted by molar-refractivity contribution is 5.67. The number of nitrogens with zero attached hydrogens (tertiary/aromatic N) is 1. The summed E-state index contributed by atoms with van der Waals surface area (Å²) >= 11 is 0. The van der Waals surface area contributed by atoms with Gasteiger partial charge in [-0.3, -0.25) is 0 Å². The molecule has 0 saturated heterocycles. The fourth-order valence-corrected chi connectivity index (χ4v) is 0.990. The molecule has 0 fully saturated rings. The van der Waals surface area contributed by atoms with Crippen LogP contribution in [0.3, 0.4) is 0 Å². The van der Waals surface area contributed by atoms with Crippen molar-refractivity contribution in [3.05, 3.63) is 0 Å². The molecule has 0 spiro atoms. The number of hydrogen-bond donors (Lipinski definition) is 1. The largest absolute Gasteiger partial charge is 0.450 e. The van der Waals surface area contributed by atoms with Crippen molar-refractivity contribution in [3.8, 4) is 0 Å². The Morgan fingerprint density at radius 2 is 2.08 bits per heavy atom. The smallest absolute Gasteiger partial charge is 0.409 e. The molecule has 0 heterocycles. The first-order valence-corrected chi connectivity index (χ1v) is 4.41. The van der Waals surface area contributed by atoms with E-state index in [-0.39, 0.29) is 18.1 Å². The maximum atomic E-state index is 11.2. The molecule has 13 heavy (non-hydrogen) atoms. The maximum absolute atomic E-state index is 11.2. The maximum Gasteiger partial charge on any atom is 0.409 e. The predicted molar refractivity (Wildman–Crippen MR) is 50.5 cm³/mol. The van der Waals surface area contributed by atoms with Crippen molar-refractivity contribution in [2.45, 2.75) is 20.8 Å². The summed E-state index contributed by atoms with van der Waals surface area (Å²) in [5, 5.41) is 8.98. The summed E-state index contributed by atoms with van der Waals surface area (Å²) in [6.07, 6.45) is -0.343. The van der Waals surface area contributed by atoms with Crippen LogP contribution in [0.25, 0.3) is 0 Å². The van der Waals surface area contributed by atoms with E-state index in [0.717, 1.165) is 0 Å². The summed E-state index contributed by atoms with van der Waals surface area (Å²) in [4.78, 5) is 12.6. The first-order chi connectivity index (χ1) is 5.93. The Bertz CT molecular complexity index is 168. The van der Waals surface area contributed by atoms with Crippen molar-refractivity contribution < 1.29 is 14.6 Å². The van der Waals surface area contributed by atoms with Gasteiger partial charge < -0.3 is 14.7 Å². The number of rotatable bonds is 4. The van der Waals surface area contributed by atoms with Crippen molar-refractivity contribution in [3.63, 3.8) is 0 Å². The summed E-state index contributed by atoms with van der Waals surface area (Å²) in [7, 11) is 1.66. The molecule has 0 aliphatic heterocycles. The quantitative estimate of drug-likeness (QED) is 0.720. The summed E-state index contributed by atoms with van der Waals surface area (Å²) in [5.74, 6) is 0. The van der Waals surface area contributed by atoms with Crippen molar-refractivity contribution in [1.82, 2.24) is 4.90 Å². The average Bonchev–Trinajstić information content (AvgIpc) is 2.04. The van der Waals surface area contributed by atoms with Gasteiger partial charge in [-0.2, -0.15) is 0 Å². The third-order valence-electron chi connectivity index (χ3n) is 1.67. The molecule has 0 rings (SSSR count). The van der Waals surface area contributed by atoms with Crippen molar-refractivity contribution in [1.29, 1.82) is 0 Å². The second-order valence-electron chi connectivity index (χ2n) is 3.88. The molecular formula is C9H19NO3. The lowest BCUT2D eigenvalue weighted by Crippen LogP contribution is -2.38. The second-order valence-corrected chi connectivity index (χ2v) is 3.88. The molecule has 0 unspecified atom stereocenters. The van der Waals surface area contributed by atoms with Gasteiger partial charge in [0.2, 0.25) is 0 Å². The standard InChI is InChI=1S/C9H19NO3/c1-5-13-8(12)10(4)6-9(2,3)7-11/h11H,5-7H2,1-4H3. The van der Waals surface area contributed by atoms with Gasteiger partial charge in [0.05, 0.1) is 6.61 Å². The molecule has 4 heteroatoms. The molecule has 0 radical (unpaired) electrons. The van der Waals surface area contributed by atoms with E-state index in [1.54, 1.807) is 14.0 Å². The molecule has 0 saturated carbocycles. The predicted octanol–water partition coefficient (Wildman–Crippen LogP) is 1.09. The molecule has 1 amide bonds. The lowest BCUT2D eigenvalue weighted by atomic mass is 9.94. The van der Waals surface area contributed by atoms with E-state index in [4.69, 9.17) is 9.84 Å². The lowest BCUT2D eigenvalue weighted by molar-refractivity contribution is 0.0821. The fraction of sp³-hybridized carbons (Fsp3) is 0.889. The molecule has 4 nitrogen and oxygen atoms in total. The van der Waals surface area contributed by atoms with Crippen molar-refractivity contribution >= 4 is 6.09 Å². The number of ether oxygens (including phenoxy) is 1. The van der Waals surface area contributed by atoms with Crippen LogP contribution in [-0.2, 0) is 4.74 Å². The van der Waals surface area contributed by atoms with Gasteiger partial charge in [-0.05, 0) is 6.92 Å². The highest BCUT2D eigenvalue weighted by Crippen LogP contribution is 2.15. The molecular weight excluding hydrogens is 170 g/mol. The molecule has 78 valence electrons. The van der Waals surface area contributed by atoms with E-state index in [2.05, 4.69) is 0 Å². The SMILES string of the molecule is CCOC(=O)N(C)CC(C)(C)CO. The summed E-state index contributed by atoms with van der Waals surface area (Å²) in [5.41, 5.74) is -0.276. The van der Waals surface area contributed by atoms with Crippen LogP contribution in [0.5, 0.6) is 0 Å². The highest BCUT2D eigenvalue weighted by atomic mass is 16.6. The Morgan fingerprint density at radius 1 is 1.54 bits per heavy atom. The summed E-state index contributed by atoms with van der Waals surface area (Å²) in [6.45, 7) is 6.47. The normalized spacial score (nSPS) is 11.2. The monoisotopic (exact) mass is 189 g/mol. The van der Waals surface area contributed by atoms with Crippen LogP contribution in [0.4, 0.5) is 4.79 Å². The van der Waals surface area contributed by atoms with Gasteiger partial charge in [0.25, 0.3) is 0 Å². The van der Waals surface area contributed by atoms with Gasteiger partial charge in [-0.1, -0.05) is 13.8 Å². The Labute approximate surface area is 79.5 Å². The molecule has 1 N–H and O–H groups in total. The van der Waals surface area contributed by atoms with Gasteiger partial charge in [-0.25, -0.2) is 4.79 Å². The zero-order chi connectivity index (χ0) is 10.5. The van der Waals surface area contributed by atoms with Gasteiger partial charge in [0.15, 0.2) is 0 Å². The Balaban J connectivity index is 3.99. The van der Waals surface area contributed by atoms with Crippen LogP contribution < -0.4 is 0 Å². The van der Waals surface area contributed by atoms with Crippen molar-refractivity contribution in [2.24, 2.45) is 5.41 Å². The molecule has 0 aromatic heterocycles. The number of carbonyl (C=O) groups is 1. The zero-order valence-electron chi connectivity index (χ0n) is 8.83. The summed E-state index contributed by atoms with van der Waals surface area (Å²) in [6, 6.07) is 0. The molecule has 0 atom stereocenters. The van der Waals surface area contributed by atoms with Crippen molar-refractivity contribution in [2.75, 3.05) is 26.8 Å². The van der Waals surface area contributed by atoms with E-state index < -0.39 is 0 Å². The van der Waals surface area contributed by atoms with E-state index in [1.807, 2.05) is 13.8 Å². The number of aliphatic hydroxyl groups is 1. The number of amides is 1. The number of carbonyl (C=O) groups excluding carboxylic acids is 1. The third kappa shape index (κ3) is 4.72. The van der Waals surface area contributed by atoms with Crippen LogP contribution in [-0.4, -0.2) is 42.9 Å². The van der Waals surface area contributed by atoms with Gasteiger partial charge in [0.1, 0.15) is 0 Å².